The molecule has 1 aromatic rings. The number of nitrogens with zero attached hydrogens (tertiary/aromatic N) is 2. The smallest absolute Gasteiger partial charge is 0.330 e. The lowest BCUT2D eigenvalue weighted by atomic mass is 9.99. The number of hydrogen-bond donors (Lipinski definition) is 2. The van der Waals surface area contributed by atoms with E-state index in [1.54, 1.807) is 6.92 Å². The lowest BCUT2D eigenvalue weighted by Crippen LogP contribution is -2.54. The fourth-order valence-corrected chi connectivity index (χ4v) is 3.00. The number of carboxylic acids is 1. The molecule has 18 heavy (non-hydrogen) atoms. The number of amides is 1. The van der Waals surface area contributed by atoms with Crippen LogP contribution in [0.3, 0.4) is 0 Å². The Morgan fingerprint density at radius 1 is 1.44 bits per heavy atom. The van der Waals surface area contributed by atoms with Crippen molar-refractivity contribution >= 4 is 23.6 Å². The molecule has 1 fully saturated rings. The number of aromatic nitrogens is 2. The molecule has 96 valence electrons. The molecule has 0 spiro atoms. The Balaban J connectivity index is 2.15. The van der Waals surface area contributed by atoms with Gasteiger partial charge in [0.2, 0.25) is 0 Å². The van der Waals surface area contributed by atoms with Gasteiger partial charge in [0.1, 0.15) is 11.2 Å². The summed E-state index contributed by atoms with van der Waals surface area (Å²) < 4.78 is 0. The van der Waals surface area contributed by atoms with Gasteiger partial charge < -0.3 is 10.4 Å². The van der Waals surface area contributed by atoms with E-state index >= 15 is 0 Å². The van der Waals surface area contributed by atoms with Crippen LogP contribution in [0.5, 0.6) is 0 Å². The second-order valence-electron chi connectivity index (χ2n) is 4.19. The fraction of sp³-hybridized carbons (Fsp3) is 0.455. The van der Waals surface area contributed by atoms with Gasteiger partial charge in [-0.1, -0.05) is 0 Å². The molecule has 1 saturated heterocycles. The maximum absolute atomic E-state index is 11.9. The highest BCUT2D eigenvalue weighted by Crippen LogP contribution is 2.28. The molecule has 7 heteroatoms. The number of aryl methyl sites for hydroxylation is 1. The average molecular weight is 267 g/mol. The summed E-state index contributed by atoms with van der Waals surface area (Å²) in [5, 5.41) is 11.8. The van der Waals surface area contributed by atoms with E-state index in [4.69, 9.17) is 0 Å². The van der Waals surface area contributed by atoms with Crippen molar-refractivity contribution in [3.05, 3.63) is 23.8 Å². The molecule has 0 aliphatic carbocycles. The van der Waals surface area contributed by atoms with E-state index in [0.29, 0.717) is 17.9 Å². The highest BCUT2D eigenvalue weighted by Gasteiger charge is 2.43. The monoisotopic (exact) mass is 267 g/mol. The van der Waals surface area contributed by atoms with E-state index in [0.717, 1.165) is 5.75 Å². The molecule has 1 atom stereocenters. The van der Waals surface area contributed by atoms with E-state index in [-0.39, 0.29) is 5.69 Å². The molecule has 2 heterocycles. The molecule has 0 bridgehead atoms. The molecule has 0 radical (unpaired) electrons. The molecule has 0 saturated carbocycles. The zero-order valence-corrected chi connectivity index (χ0v) is 10.7. The van der Waals surface area contributed by atoms with Gasteiger partial charge in [0.25, 0.3) is 5.91 Å². The van der Waals surface area contributed by atoms with Gasteiger partial charge in [-0.2, -0.15) is 11.8 Å². The van der Waals surface area contributed by atoms with Crippen LogP contribution < -0.4 is 5.32 Å². The summed E-state index contributed by atoms with van der Waals surface area (Å²) in [6.07, 6.45) is 3.26. The minimum absolute atomic E-state index is 0.137. The molecule has 0 aromatic carbocycles. The minimum Gasteiger partial charge on any atom is -0.479 e. The van der Waals surface area contributed by atoms with Crippen LogP contribution in [-0.2, 0) is 4.79 Å². The van der Waals surface area contributed by atoms with Crippen LogP contribution in [0.4, 0.5) is 0 Å². The zero-order valence-electron chi connectivity index (χ0n) is 9.84. The number of rotatable bonds is 3. The first kappa shape index (κ1) is 12.8. The lowest BCUT2D eigenvalue weighted by Gasteiger charge is -2.24. The summed E-state index contributed by atoms with van der Waals surface area (Å²) in [6, 6.07) is 0. The Morgan fingerprint density at radius 2 is 2.22 bits per heavy atom. The summed E-state index contributed by atoms with van der Waals surface area (Å²) in [6.45, 7) is 1.76. The molecule has 1 aromatic heterocycles. The Labute approximate surface area is 108 Å². The Kier molecular flexibility index (Phi) is 3.51. The van der Waals surface area contributed by atoms with Gasteiger partial charge in [-0.3, -0.25) is 9.78 Å². The van der Waals surface area contributed by atoms with E-state index in [1.807, 2.05) is 0 Å². The average Bonchev–Trinajstić information content (AvgIpc) is 2.79. The first-order chi connectivity index (χ1) is 8.53. The van der Waals surface area contributed by atoms with Gasteiger partial charge in [-0.05, 0) is 19.1 Å². The van der Waals surface area contributed by atoms with Crippen LogP contribution in [0.2, 0.25) is 0 Å². The van der Waals surface area contributed by atoms with Crippen molar-refractivity contribution in [2.45, 2.75) is 18.9 Å². The van der Waals surface area contributed by atoms with E-state index in [1.165, 1.54) is 24.2 Å². The summed E-state index contributed by atoms with van der Waals surface area (Å²) in [5.41, 5.74) is -0.331. The highest BCUT2D eigenvalue weighted by molar-refractivity contribution is 7.99. The molecule has 2 rings (SSSR count). The molecule has 0 unspecified atom stereocenters. The first-order valence-electron chi connectivity index (χ1n) is 5.46. The molecule has 2 N–H and O–H groups in total. The number of carboxylic acid groups (broad SMARTS) is 1. The summed E-state index contributed by atoms with van der Waals surface area (Å²) in [4.78, 5) is 31.1. The molecule has 6 nitrogen and oxygen atoms in total. The first-order valence-corrected chi connectivity index (χ1v) is 6.61. The number of carbonyl (C=O) groups is 2. The number of nitrogens with one attached hydrogen (secondary N) is 1. The third kappa shape index (κ3) is 2.45. The third-order valence-corrected chi connectivity index (χ3v) is 3.99. The third-order valence-electron chi connectivity index (χ3n) is 2.80. The summed E-state index contributed by atoms with van der Waals surface area (Å²) in [5.74, 6) is -0.382. The van der Waals surface area contributed by atoms with Crippen molar-refractivity contribution in [2.24, 2.45) is 0 Å². The number of aliphatic carboxylic acids is 1. The van der Waals surface area contributed by atoms with E-state index in [9.17, 15) is 14.7 Å². The summed E-state index contributed by atoms with van der Waals surface area (Å²) >= 11 is 1.52. The molecular formula is C11H13N3O3S. The van der Waals surface area contributed by atoms with Gasteiger partial charge in [0.15, 0.2) is 0 Å². The predicted octanol–water partition coefficient (Wildman–Crippen LogP) is 0.475. The zero-order chi connectivity index (χ0) is 13.2. The Hall–Kier alpha value is -1.63. The Morgan fingerprint density at radius 3 is 2.72 bits per heavy atom. The molecule has 1 aliphatic heterocycles. The quantitative estimate of drug-likeness (QED) is 0.827. The van der Waals surface area contributed by atoms with Crippen LogP contribution >= 0.6 is 11.8 Å². The van der Waals surface area contributed by atoms with Crippen LogP contribution in [0.25, 0.3) is 0 Å². The Bertz CT molecular complexity index is 469. The van der Waals surface area contributed by atoms with Gasteiger partial charge >= 0.3 is 5.97 Å². The van der Waals surface area contributed by atoms with Crippen LogP contribution in [-0.4, -0.2) is 44.0 Å². The van der Waals surface area contributed by atoms with Crippen molar-refractivity contribution in [3.63, 3.8) is 0 Å². The number of carbonyl (C=O) groups excluding carboxylic acids is 1. The maximum atomic E-state index is 11.9. The number of thioether (sulfide) groups is 1. The largest absolute Gasteiger partial charge is 0.479 e. The maximum Gasteiger partial charge on any atom is 0.330 e. The summed E-state index contributed by atoms with van der Waals surface area (Å²) in [7, 11) is 0. The lowest BCUT2D eigenvalue weighted by molar-refractivity contribution is -0.143. The standard InChI is InChI=1S/C11H13N3O3S/c1-7-4-13-8(5-12-7)9(15)14-11(10(16)17)2-3-18-6-11/h4-5H,2-3,6H2,1H3,(H,14,15)(H,16,17)/t11-/m1/s1. The van der Waals surface area contributed by atoms with Gasteiger partial charge in [-0.15, -0.1) is 0 Å². The van der Waals surface area contributed by atoms with Crippen molar-refractivity contribution < 1.29 is 14.7 Å². The SMILES string of the molecule is Cc1cnc(C(=O)N[C@]2(C(=O)O)CCSC2)cn1. The van der Waals surface area contributed by atoms with Gasteiger partial charge in [0.05, 0.1) is 11.9 Å². The second kappa shape index (κ2) is 4.93. The van der Waals surface area contributed by atoms with Gasteiger partial charge in [0, 0.05) is 11.9 Å². The van der Waals surface area contributed by atoms with Crippen molar-refractivity contribution in [2.75, 3.05) is 11.5 Å². The molecular weight excluding hydrogens is 254 g/mol. The molecule has 1 aliphatic rings. The topological polar surface area (TPSA) is 92.2 Å². The normalized spacial score (nSPS) is 22.7. The van der Waals surface area contributed by atoms with E-state index in [2.05, 4.69) is 15.3 Å². The molecule has 1 amide bonds. The minimum atomic E-state index is -1.17. The van der Waals surface area contributed by atoms with E-state index < -0.39 is 17.4 Å². The fourth-order valence-electron chi connectivity index (χ4n) is 1.68. The van der Waals surface area contributed by atoms with Crippen molar-refractivity contribution in [3.8, 4) is 0 Å². The number of hydrogen-bond acceptors (Lipinski definition) is 5. The second-order valence-corrected chi connectivity index (χ2v) is 5.29. The predicted molar refractivity (Wildman–Crippen MR) is 66.5 cm³/mol. The van der Waals surface area contributed by atoms with Crippen LogP contribution in [0.15, 0.2) is 12.4 Å². The van der Waals surface area contributed by atoms with Crippen LogP contribution in [0, 0.1) is 6.92 Å². The van der Waals surface area contributed by atoms with Crippen molar-refractivity contribution in [1.82, 2.24) is 15.3 Å². The highest BCUT2D eigenvalue weighted by atomic mass is 32.2. The van der Waals surface area contributed by atoms with Gasteiger partial charge in [-0.25, -0.2) is 9.78 Å². The van der Waals surface area contributed by atoms with Crippen molar-refractivity contribution in [1.29, 1.82) is 0 Å². The van der Waals surface area contributed by atoms with Crippen LogP contribution in [0.1, 0.15) is 22.6 Å².